The summed E-state index contributed by atoms with van der Waals surface area (Å²) in [5.41, 5.74) is 5.25. The highest BCUT2D eigenvalue weighted by molar-refractivity contribution is 5.20. The Hall–Kier alpha value is -0.700. The van der Waals surface area contributed by atoms with E-state index in [0.29, 0.717) is 0 Å². The number of nitrogens with zero attached hydrogens (tertiary/aromatic N) is 1. The molecule has 0 aromatic heterocycles. The van der Waals surface area contributed by atoms with Gasteiger partial charge in [0.25, 0.3) is 0 Å². The van der Waals surface area contributed by atoms with Crippen LogP contribution in [0.15, 0.2) is 0 Å². The van der Waals surface area contributed by atoms with E-state index < -0.39 is 0 Å². The Bertz CT molecular complexity index is 87.7. The minimum absolute atomic E-state index is 0.250. The number of rotatable bonds is 3. The molecular formula is C6H14N2O2. The predicted octanol–water partition coefficient (Wildman–Crippen LogP) is -0.687. The third-order valence-electron chi connectivity index (χ3n) is 0.809. The van der Waals surface area contributed by atoms with Crippen molar-refractivity contribution in [3.05, 3.63) is 0 Å². The highest BCUT2D eigenvalue weighted by Gasteiger charge is 1.83. The Morgan fingerprint density at radius 2 is 1.80 bits per heavy atom. The second-order valence-electron chi connectivity index (χ2n) is 2.03. The molecule has 10 heavy (non-hydrogen) atoms. The molecule has 0 radical (unpaired) electrons. The Labute approximate surface area is 61.0 Å². The maximum absolute atomic E-state index is 8.12. The number of carbonyl (C=O) groups excluding carboxylic acids is 2. The van der Waals surface area contributed by atoms with Gasteiger partial charge in [0.15, 0.2) is 0 Å². The van der Waals surface area contributed by atoms with Crippen molar-refractivity contribution in [2.24, 2.45) is 5.73 Å². The molecule has 0 heterocycles. The maximum Gasteiger partial charge on any atom is 0.373 e. The fourth-order valence-corrected chi connectivity index (χ4v) is 0.408. The molecule has 0 fully saturated rings. The molecule has 0 unspecified atom stereocenters. The highest BCUT2D eigenvalue weighted by atomic mass is 16.2. The summed E-state index contributed by atoms with van der Waals surface area (Å²) in [6.07, 6.45) is 1.35. The molecular weight excluding hydrogens is 132 g/mol. The van der Waals surface area contributed by atoms with Crippen molar-refractivity contribution in [1.29, 1.82) is 0 Å². The zero-order valence-electron chi connectivity index (χ0n) is 6.46. The normalized spacial score (nSPS) is 8.00. The summed E-state index contributed by atoms with van der Waals surface area (Å²) in [5, 5.41) is 0. The van der Waals surface area contributed by atoms with Gasteiger partial charge >= 0.3 is 6.15 Å². The average molecular weight is 146 g/mol. The molecule has 0 atom stereocenters. The van der Waals surface area contributed by atoms with Crippen molar-refractivity contribution in [2.45, 2.75) is 6.42 Å². The molecule has 0 saturated heterocycles. The van der Waals surface area contributed by atoms with Gasteiger partial charge in [0, 0.05) is 0 Å². The van der Waals surface area contributed by atoms with Crippen LogP contribution in [-0.2, 0) is 9.59 Å². The van der Waals surface area contributed by atoms with Gasteiger partial charge in [0.05, 0.1) is 0 Å². The Morgan fingerprint density at radius 3 is 1.90 bits per heavy atom. The van der Waals surface area contributed by atoms with Crippen LogP contribution < -0.4 is 5.73 Å². The van der Waals surface area contributed by atoms with E-state index >= 15 is 0 Å². The van der Waals surface area contributed by atoms with Crippen LogP contribution >= 0.6 is 0 Å². The molecule has 0 amide bonds. The molecule has 0 rings (SSSR count). The number of hydrogen-bond acceptors (Lipinski definition) is 4. The predicted molar refractivity (Wildman–Crippen MR) is 37.2 cm³/mol. The summed E-state index contributed by atoms with van der Waals surface area (Å²) in [6.45, 7) is 1.91. The van der Waals surface area contributed by atoms with Gasteiger partial charge in [-0.15, -0.1) is 0 Å². The molecule has 0 aliphatic rings. The molecule has 60 valence electrons. The number of nitrogens with two attached hydrogens (primary N) is 1. The third-order valence-corrected chi connectivity index (χ3v) is 0.809. The standard InChI is InChI=1S/C5H14N2.CO2/c1-7(2)5-3-4-6;2-1-3/h3-6H2,1-2H3;. The maximum atomic E-state index is 8.12. The van der Waals surface area contributed by atoms with Crippen LogP contribution in [0.5, 0.6) is 0 Å². The first kappa shape index (κ1) is 12.0. The van der Waals surface area contributed by atoms with E-state index in [9.17, 15) is 0 Å². The summed E-state index contributed by atoms with van der Waals surface area (Å²) >= 11 is 0. The van der Waals surface area contributed by atoms with Crippen molar-refractivity contribution < 1.29 is 9.59 Å². The first-order chi connectivity index (χ1) is 4.68. The summed E-state index contributed by atoms with van der Waals surface area (Å²) in [5.74, 6) is 0. The number of hydrogen-bond donors (Lipinski definition) is 1. The molecule has 4 heteroatoms. The summed E-state index contributed by atoms with van der Waals surface area (Å²) < 4.78 is 0. The fraction of sp³-hybridized carbons (Fsp3) is 0.833. The van der Waals surface area contributed by atoms with E-state index in [0.717, 1.165) is 19.5 Å². The van der Waals surface area contributed by atoms with Gasteiger partial charge in [-0.05, 0) is 33.6 Å². The second-order valence-corrected chi connectivity index (χ2v) is 2.03. The van der Waals surface area contributed by atoms with Gasteiger partial charge in [0.1, 0.15) is 0 Å². The zero-order valence-corrected chi connectivity index (χ0v) is 6.46. The fourth-order valence-electron chi connectivity index (χ4n) is 0.408. The smallest absolute Gasteiger partial charge is 0.330 e. The lowest BCUT2D eigenvalue weighted by atomic mass is 10.4. The Balaban J connectivity index is 0. The largest absolute Gasteiger partial charge is 0.373 e. The lowest BCUT2D eigenvalue weighted by Crippen LogP contribution is -2.16. The van der Waals surface area contributed by atoms with Crippen molar-refractivity contribution >= 4 is 6.15 Å². The van der Waals surface area contributed by atoms with Gasteiger partial charge in [-0.1, -0.05) is 0 Å². The van der Waals surface area contributed by atoms with Crippen molar-refractivity contribution in [3.63, 3.8) is 0 Å². The molecule has 0 aliphatic carbocycles. The van der Waals surface area contributed by atoms with Crippen LogP contribution in [0.2, 0.25) is 0 Å². The van der Waals surface area contributed by atoms with Crippen molar-refractivity contribution in [1.82, 2.24) is 4.90 Å². The quantitative estimate of drug-likeness (QED) is 0.572. The van der Waals surface area contributed by atoms with E-state index in [-0.39, 0.29) is 6.15 Å². The van der Waals surface area contributed by atoms with Gasteiger partial charge in [0.2, 0.25) is 0 Å². The molecule has 0 spiro atoms. The molecule has 4 nitrogen and oxygen atoms in total. The third kappa shape index (κ3) is 26.6. The lowest BCUT2D eigenvalue weighted by molar-refractivity contribution is -0.191. The van der Waals surface area contributed by atoms with E-state index in [1.54, 1.807) is 0 Å². The second kappa shape index (κ2) is 11.1. The lowest BCUT2D eigenvalue weighted by Gasteiger charge is -2.05. The monoisotopic (exact) mass is 146 g/mol. The minimum Gasteiger partial charge on any atom is -0.330 e. The van der Waals surface area contributed by atoms with Crippen molar-refractivity contribution in [3.8, 4) is 0 Å². The van der Waals surface area contributed by atoms with E-state index in [1.165, 1.54) is 0 Å². The minimum atomic E-state index is 0.250. The summed E-state index contributed by atoms with van der Waals surface area (Å²) in [7, 11) is 4.10. The molecule has 0 bridgehead atoms. The molecule has 0 aromatic rings. The topological polar surface area (TPSA) is 63.4 Å². The van der Waals surface area contributed by atoms with E-state index in [4.69, 9.17) is 15.3 Å². The average Bonchev–Trinajstić information content (AvgIpc) is 1.85. The summed E-state index contributed by atoms with van der Waals surface area (Å²) in [4.78, 5) is 18.4. The van der Waals surface area contributed by atoms with Gasteiger partial charge in [-0.2, -0.15) is 9.59 Å². The van der Waals surface area contributed by atoms with Gasteiger partial charge in [-0.25, -0.2) is 0 Å². The molecule has 0 aliphatic heterocycles. The molecule has 2 N–H and O–H groups in total. The first-order valence-corrected chi connectivity index (χ1v) is 3.03. The van der Waals surface area contributed by atoms with Crippen LogP contribution in [0.1, 0.15) is 6.42 Å². The van der Waals surface area contributed by atoms with Crippen LogP contribution in [0.4, 0.5) is 0 Å². The molecule has 0 saturated carbocycles. The highest BCUT2D eigenvalue weighted by Crippen LogP contribution is 1.76. The van der Waals surface area contributed by atoms with Crippen LogP contribution in [-0.4, -0.2) is 38.2 Å². The first-order valence-electron chi connectivity index (χ1n) is 3.03. The SMILES string of the molecule is CN(C)CCCN.O=C=O. The van der Waals surface area contributed by atoms with Crippen LogP contribution in [0, 0.1) is 0 Å². The van der Waals surface area contributed by atoms with E-state index in [2.05, 4.69) is 19.0 Å². The Kier molecular flexibility index (Phi) is 13.4. The molecule has 0 aromatic carbocycles. The van der Waals surface area contributed by atoms with Crippen LogP contribution in [0.25, 0.3) is 0 Å². The zero-order chi connectivity index (χ0) is 8.41. The van der Waals surface area contributed by atoms with Crippen molar-refractivity contribution in [2.75, 3.05) is 27.2 Å². The summed E-state index contributed by atoms with van der Waals surface area (Å²) in [6, 6.07) is 0. The van der Waals surface area contributed by atoms with Gasteiger partial charge < -0.3 is 10.6 Å². The van der Waals surface area contributed by atoms with E-state index in [1.807, 2.05) is 0 Å². The van der Waals surface area contributed by atoms with Gasteiger partial charge in [-0.3, -0.25) is 0 Å². The Morgan fingerprint density at radius 1 is 1.40 bits per heavy atom. The van der Waals surface area contributed by atoms with Crippen LogP contribution in [0.3, 0.4) is 0 Å².